The number of nitrogens with zero attached hydrogens (tertiary/aromatic N) is 2. The number of hydrogen-bond acceptors (Lipinski definition) is 3. The molecule has 0 saturated carbocycles. The maximum atomic E-state index is 12.0. The van der Waals surface area contributed by atoms with Crippen LogP contribution in [0.15, 0.2) is 11.6 Å². The number of thiazole rings is 1. The molecule has 1 aliphatic rings. The Hall–Kier alpha value is -1.10. The Bertz CT molecular complexity index is 350. The number of carbonyl (C=O) groups is 1. The number of likely N-dealkylation sites (tertiary alicyclic amines) is 1. The van der Waals surface area contributed by atoms with Gasteiger partial charge in [-0.3, -0.25) is 0 Å². The van der Waals surface area contributed by atoms with Gasteiger partial charge in [-0.25, -0.2) is 9.78 Å². The summed E-state index contributed by atoms with van der Waals surface area (Å²) in [5, 5.41) is 5.96. The molecule has 1 aromatic rings. The average Bonchev–Trinajstić information content (AvgIpc) is 2.87. The molecule has 4 nitrogen and oxygen atoms in total. The Morgan fingerprint density at radius 3 is 3.12 bits per heavy atom. The molecule has 2 heterocycles. The van der Waals surface area contributed by atoms with Crippen molar-refractivity contribution in [3.05, 3.63) is 16.6 Å². The third kappa shape index (κ3) is 2.35. The Morgan fingerprint density at radius 2 is 2.50 bits per heavy atom. The van der Waals surface area contributed by atoms with Gasteiger partial charge in [0.05, 0.1) is 6.04 Å². The molecule has 1 atom stereocenters. The van der Waals surface area contributed by atoms with Crippen LogP contribution >= 0.6 is 11.3 Å². The highest BCUT2D eigenvalue weighted by Gasteiger charge is 2.31. The fourth-order valence-corrected chi connectivity index (χ4v) is 2.78. The van der Waals surface area contributed by atoms with Crippen LogP contribution in [0.4, 0.5) is 4.79 Å². The molecular formula is C11H17N3OS. The summed E-state index contributed by atoms with van der Waals surface area (Å²) in [4.78, 5) is 18.2. The molecule has 2 rings (SSSR count). The highest BCUT2D eigenvalue weighted by Crippen LogP contribution is 2.32. The summed E-state index contributed by atoms with van der Waals surface area (Å²) in [5.74, 6) is 0. The monoisotopic (exact) mass is 239 g/mol. The van der Waals surface area contributed by atoms with Crippen molar-refractivity contribution in [3.8, 4) is 0 Å². The van der Waals surface area contributed by atoms with Gasteiger partial charge in [-0.05, 0) is 26.7 Å². The number of aromatic nitrogens is 1. The molecule has 1 aliphatic heterocycles. The van der Waals surface area contributed by atoms with Gasteiger partial charge < -0.3 is 10.2 Å². The molecule has 1 saturated heterocycles. The summed E-state index contributed by atoms with van der Waals surface area (Å²) in [7, 11) is 0. The molecule has 0 aromatic carbocycles. The standard InChI is InChI=1S/C11H17N3OS/c1-8(2)13-11(15)14-6-3-4-9(14)10-12-5-7-16-10/h5,7-9H,3-4,6H2,1-2H3,(H,13,15). The minimum absolute atomic E-state index is 0.0349. The number of nitrogens with one attached hydrogen (secondary N) is 1. The van der Waals surface area contributed by atoms with E-state index >= 15 is 0 Å². The van der Waals surface area contributed by atoms with Crippen molar-refractivity contribution >= 4 is 17.4 Å². The van der Waals surface area contributed by atoms with Crippen molar-refractivity contribution in [1.82, 2.24) is 15.2 Å². The zero-order chi connectivity index (χ0) is 11.5. The number of urea groups is 1. The minimum atomic E-state index is 0.0349. The molecule has 5 heteroatoms. The SMILES string of the molecule is CC(C)NC(=O)N1CCCC1c1nccs1. The lowest BCUT2D eigenvalue weighted by atomic mass is 10.2. The molecule has 0 radical (unpaired) electrons. The van der Waals surface area contributed by atoms with Gasteiger partial charge in [-0.15, -0.1) is 11.3 Å². The van der Waals surface area contributed by atoms with Crippen LogP contribution in [0.1, 0.15) is 37.7 Å². The highest BCUT2D eigenvalue weighted by atomic mass is 32.1. The molecule has 1 unspecified atom stereocenters. The quantitative estimate of drug-likeness (QED) is 0.861. The third-order valence-electron chi connectivity index (χ3n) is 2.66. The molecule has 1 aromatic heterocycles. The Balaban J connectivity index is 2.06. The smallest absolute Gasteiger partial charge is 0.318 e. The first-order valence-corrected chi connectivity index (χ1v) is 6.53. The predicted molar refractivity (Wildman–Crippen MR) is 64.5 cm³/mol. The normalized spacial score (nSPS) is 20.4. The molecule has 1 N–H and O–H groups in total. The van der Waals surface area contributed by atoms with Crippen LogP contribution in [0.2, 0.25) is 0 Å². The second-order valence-electron chi connectivity index (χ2n) is 4.33. The molecule has 1 fully saturated rings. The van der Waals surface area contributed by atoms with Gasteiger partial charge in [0.15, 0.2) is 0 Å². The van der Waals surface area contributed by atoms with Gasteiger partial charge >= 0.3 is 6.03 Å². The van der Waals surface area contributed by atoms with Gasteiger partial charge in [0, 0.05) is 24.2 Å². The zero-order valence-electron chi connectivity index (χ0n) is 9.64. The Labute approximate surface area is 99.7 Å². The minimum Gasteiger partial charge on any atom is -0.336 e. The molecular weight excluding hydrogens is 222 g/mol. The Morgan fingerprint density at radius 1 is 1.69 bits per heavy atom. The summed E-state index contributed by atoms with van der Waals surface area (Å²) in [6.45, 7) is 4.79. The lowest BCUT2D eigenvalue weighted by molar-refractivity contribution is 0.190. The van der Waals surface area contributed by atoms with Crippen LogP contribution in [-0.2, 0) is 0 Å². The summed E-state index contributed by atoms with van der Waals surface area (Å²) in [6, 6.07) is 0.400. The Kier molecular flexibility index (Phi) is 3.43. The second kappa shape index (κ2) is 4.82. The van der Waals surface area contributed by atoms with Crippen LogP contribution in [0.25, 0.3) is 0 Å². The van der Waals surface area contributed by atoms with Crippen molar-refractivity contribution in [2.75, 3.05) is 6.54 Å². The molecule has 0 bridgehead atoms. The second-order valence-corrected chi connectivity index (χ2v) is 5.25. The van der Waals surface area contributed by atoms with E-state index in [1.54, 1.807) is 17.5 Å². The van der Waals surface area contributed by atoms with Crippen molar-refractivity contribution in [1.29, 1.82) is 0 Å². The van der Waals surface area contributed by atoms with Gasteiger partial charge in [0.1, 0.15) is 5.01 Å². The summed E-state index contributed by atoms with van der Waals surface area (Å²) >= 11 is 1.63. The van der Waals surface area contributed by atoms with Crippen LogP contribution in [0.3, 0.4) is 0 Å². The number of carbonyl (C=O) groups excluding carboxylic acids is 1. The van der Waals surface area contributed by atoms with E-state index in [4.69, 9.17) is 0 Å². The van der Waals surface area contributed by atoms with Crippen LogP contribution in [-0.4, -0.2) is 28.5 Å². The van der Waals surface area contributed by atoms with Crippen molar-refractivity contribution in [3.63, 3.8) is 0 Å². The summed E-state index contributed by atoms with van der Waals surface area (Å²) in [6.07, 6.45) is 3.89. The lowest BCUT2D eigenvalue weighted by Crippen LogP contribution is -2.42. The van der Waals surface area contributed by atoms with E-state index in [9.17, 15) is 4.79 Å². The van der Waals surface area contributed by atoms with Crippen LogP contribution in [0, 0.1) is 0 Å². The number of amides is 2. The first-order valence-electron chi connectivity index (χ1n) is 5.65. The number of rotatable bonds is 2. The average molecular weight is 239 g/mol. The lowest BCUT2D eigenvalue weighted by Gasteiger charge is -2.24. The van der Waals surface area contributed by atoms with Crippen LogP contribution < -0.4 is 5.32 Å². The van der Waals surface area contributed by atoms with Gasteiger partial charge in [0.25, 0.3) is 0 Å². The van der Waals surface area contributed by atoms with Gasteiger partial charge in [-0.2, -0.15) is 0 Å². The third-order valence-corrected chi connectivity index (χ3v) is 3.54. The topological polar surface area (TPSA) is 45.2 Å². The van der Waals surface area contributed by atoms with Crippen molar-refractivity contribution < 1.29 is 4.79 Å². The fourth-order valence-electron chi connectivity index (χ4n) is 2.00. The van der Waals surface area contributed by atoms with Gasteiger partial charge in [0.2, 0.25) is 0 Å². The van der Waals surface area contributed by atoms with E-state index in [0.717, 1.165) is 24.4 Å². The van der Waals surface area contributed by atoms with Crippen molar-refractivity contribution in [2.45, 2.75) is 38.8 Å². The maximum absolute atomic E-state index is 12.0. The number of hydrogen-bond donors (Lipinski definition) is 1. The highest BCUT2D eigenvalue weighted by molar-refractivity contribution is 7.09. The molecule has 0 aliphatic carbocycles. The van der Waals surface area contributed by atoms with E-state index in [-0.39, 0.29) is 18.1 Å². The van der Waals surface area contributed by atoms with E-state index in [1.807, 2.05) is 24.1 Å². The molecule has 0 spiro atoms. The van der Waals surface area contributed by atoms with Crippen LogP contribution in [0.5, 0.6) is 0 Å². The first-order chi connectivity index (χ1) is 7.68. The van der Waals surface area contributed by atoms with E-state index in [2.05, 4.69) is 10.3 Å². The maximum Gasteiger partial charge on any atom is 0.318 e. The molecule has 2 amide bonds. The first kappa shape index (κ1) is 11.4. The van der Waals surface area contributed by atoms with E-state index in [1.165, 1.54) is 0 Å². The predicted octanol–water partition coefficient (Wildman–Crippen LogP) is 2.40. The zero-order valence-corrected chi connectivity index (χ0v) is 10.5. The van der Waals surface area contributed by atoms with Crippen molar-refractivity contribution in [2.24, 2.45) is 0 Å². The molecule has 88 valence electrons. The van der Waals surface area contributed by atoms with E-state index < -0.39 is 0 Å². The van der Waals surface area contributed by atoms with E-state index in [0.29, 0.717) is 0 Å². The summed E-state index contributed by atoms with van der Waals surface area (Å²) < 4.78 is 0. The van der Waals surface area contributed by atoms with Gasteiger partial charge in [-0.1, -0.05) is 0 Å². The molecule has 16 heavy (non-hydrogen) atoms. The fraction of sp³-hybridized carbons (Fsp3) is 0.636. The summed E-state index contributed by atoms with van der Waals surface area (Å²) in [5.41, 5.74) is 0. The largest absolute Gasteiger partial charge is 0.336 e.